The van der Waals surface area contributed by atoms with Crippen LogP contribution < -0.4 is 10.6 Å². The van der Waals surface area contributed by atoms with E-state index in [2.05, 4.69) is 10.6 Å². The zero-order valence-corrected chi connectivity index (χ0v) is 11.6. The third-order valence-corrected chi connectivity index (χ3v) is 3.12. The van der Waals surface area contributed by atoms with Crippen molar-refractivity contribution in [1.29, 1.82) is 0 Å². The number of urea groups is 1. The summed E-state index contributed by atoms with van der Waals surface area (Å²) in [4.78, 5) is 22.7. The SMILES string of the molecule is CC(C)C[C@@H](NC(=O)NCC1CCCOC1)C(=O)O. The Hall–Kier alpha value is -1.30. The van der Waals surface area contributed by atoms with Crippen LogP contribution >= 0.6 is 0 Å². The van der Waals surface area contributed by atoms with Crippen LogP contribution in [-0.4, -0.2) is 42.9 Å². The molecule has 1 rings (SSSR count). The second kappa shape index (κ2) is 7.99. The van der Waals surface area contributed by atoms with Gasteiger partial charge in [0.25, 0.3) is 0 Å². The van der Waals surface area contributed by atoms with Crippen molar-refractivity contribution in [2.24, 2.45) is 11.8 Å². The number of ether oxygens (including phenoxy) is 1. The van der Waals surface area contributed by atoms with Crippen LogP contribution in [-0.2, 0) is 9.53 Å². The second-order valence-electron chi connectivity index (χ2n) is 5.46. The van der Waals surface area contributed by atoms with Crippen LogP contribution in [0.2, 0.25) is 0 Å². The maximum Gasteiger partial charge on any atom is 0.326 e. The van der Waals surface area contributed by atoms with Gasteiger partial charge in [0.1, 0.15) is 6.04 Å². The fraction of sp³-hybridized carbons (Fsp3) is 0.846. The lowest BCUT2D eigenvalue weighted by molar-refractivity contribution is -0.139. The van der Waals surface area contributed by atoms with Gasteiger partial charge in [0.05, 0.1) is 6.61 Å². The van der Waals surface area contributed by atoms with E-state index < -0.39 is 18.0 Å². The molecule has 0 radical (unpaired) electrons. The average Bonchev–Trinajstić information content (AvgIpc) is 2.36. The molecule has 0 bridgehead atoms. The van der Waals surface area contributed by atoms with Gasteiger partial charge in [0.2, 0.25) is 0 Å². The Labute approximate surface area is 113 Å². The molecule has 0 aromatic rings. The maximum atomic E-state index is 11.7. The summed E-state index contributed by atoms with van der Waals surface area (Å²) in [7, 11) is 0. The smallest absolute Gasteiger partial charge is 0.326 e. The average molecular weight is 272 g/mol. The number of carboxylic acids is 1. The Morgan fingerprint density at radius 2 is 2.16 bits per heavy atom. The highest BCUT2D eigenvalue weighted by Gasteiger charge is 2.21. The van der Waals surface area contributed by atoms with Gasteiger partial charge in [-0.15, -0.1) is 0 Å². The first-order valence-electron chi connectivity index (χ1n) is 6.84. The van der Waals surface area contributed by atoms with E-state index in [9.17, 15) is 9.59 Å². The van der Waals surface area contributed by atoms with E-state index >= 15 is 0 Å². The monoisotopic (exact) mass is 272 g/mol. The fourth-order valence-electron chi connectivity index (χ4n) is 2.11. The van der Waals surface area contributed by atoms with Crippen molar-refractivity contribution in [2.75, 3.05) is 19.8 Å². The summed E-state index contributed by atoms with van der Waals surface area (Å²) in [6, 6.07) is -1.25. The predicted molar refractivity (Wildman–Crippen MR) is 71.0 cm³/mol. The van der Waals surface area contributed by atoms with Crippen LogP contribution in [0.5, 0.6) is 0 Å². The van der Waals surface area contributed by atoms with E-state index in [-0.39, 0.29) is 5.92 Å². The molecule has 6 nitrogen and oxygen atoms in total. The standard InChI is InChI=1S/C13H24N2O4/c1-9(2)6-11(12(16)17)15-13(18)14-7-10-4-3-5-19-8-10/h9-11H,3-8H2,1-2H3,(H,16,17)(H2,14,15,18)/t10?,11-/m1/s1. The fourth-order valence-corrected chi connectivity index (χ4v) is 2.11. The lowest BCUT2D eigenvalue weighted by Gasteiger charge is -2.23. The van der Waals surface area contributed by atoms with E-state index in [4.69, 9.17) is 9.84 Å². The summed E-state index contributed by atoms with van der Waals surface area (Å²) in [5, 5.41) is 14.2. The van der Waals surface area contributed by atoms with Crippen molar-refractivity contribution < 1.29 is 19.4 Å². The summed E-state index contributed by atoms with van der Waals surface area (Å²) in [5.74, 6) is -0.453. The van der Waals surface area contributed by atoms with Crippen LogP contribution in [0.3, 0.4) is 0 Å². The predicted octanol–water partition coefficient (Wildman–Crippen LogP) is 1.21. The molecule has 1 unspecified atom stereocenters. The number of aliphatic carboxylic acids is 1. The zero-order valence-electron chi connectivity index (χ0n) is 11.6. The van der Waals surface area contributed by atoms with Gasteiger partial charge >= 0.3 is 12.0 Å². The zero-order chi connectivity index (χ0) is 14.3. The highest BCUT2D eigenvalue weighted by molar-refractivity contribution is 5.82. The highest BCUT2D eigenvalue weighted by atomic mass is 16.5. The minimum absolute atomic E-state index is 0.216. The maximum absolute atomic E-state index is 11.7. The number of rotatable bonds is 6. The molecule has 1 saturated heterocycles. The molecule has 110 valence electrons. The summed E-state index contributed by atoms with van der Waals surface area (Å²) in [5.41, 5.74) is 0. The molecule has 2 amide bonds. The van der Waals surface area contributed by atoms with Crippen molar-refractivity contribution in [3.05, 3.63) is 0 Å². The highest BCUT2D eigenvalue weighted by Crippen LogP contribution is 2.12. The number of amides is 2. The van der Waals surface area contributed by atoms with Gasteiger partial charge in [-0.3, -0.25) is 0 Å². The summed E-state index contributed by atoms with van der Waals surface area (Å²) in [6.07, 6.45) is 2.48. The van der Waals surface area contributed by atoms with Crippen LogP contribution in [0, 0.1) is 11.8 Å². The van der Waals surface area contributed by atoms with E-state index in [1.165, 1.54) is 0 Å². The van der Waals surface area contributed by atoms with Gasteiger partial charge < -0.3 is 20.5 Å². The number of carbonyl (C=O) groups excluding carboxylic acids is 1. The Morgan fingerprint density at radius 3 is 2.68 bits per heavy atom. The Morgan fingerprint density at radius 1 is 1.42 bits per heavy atom. The molecule has 19 heavy (non-hydrogen) atoms. The van der Waals surface area contributed by atoms with E-state index in [1.807, 2.05) is 13.8 Å². The quantitative estimate of drug-likeness (QED) is 0.678. The molecule has 0 spiro atoms. The van der Waals surface area contributed by atoms with Crippen LogP contribution in [0.15, 0.2) is 0 Å². The molecule has 0 saturated carbocycles. The largest absolute Gasteiger partial charge is 0.480 e. The van der Waals surface area contributed by atoms with Gasteiger partial charge in [-0.25, -0.2) is 9.59 Å². The molecule has 6 heteroatoms. The molecular weight excluding hydrogens is 248 g/mol. The van der Waals surface area contributed by atoms with Gasteiger partial charge in [0, 0.05) is 13.2 Å². The van der Waals surface area contributed by atoms with Crippen molar-refractivity contribution >= 4 is 12.0 Å². The van der Waals surface area contributed by atoms with E-state index in [1.54, 1.807) is 0 Å². The molecule has 0 aliphatic carbocycles. The first-order chi connectivity index (χ1) is 8.99. The topological polar surface area (TPSA) is 87.7 Å². The van der Waals surface area contributed by atoms with Crippen molar-refractivity contribution in [3.8, 4) is 0 Å². The van der Waals surface area contributed by atoms with Crippen LogP contribution in [0.1, 0.15) is 33.1 Å². The van der Waals surface area contributed by atoms with Crippen molar-refractivity contribution in [2.45, 2.75) is 39.2 Å². The van der Waals surface area contributed by atoms with Gasteiger partial charge in [-0.05, 0) is 31.1 Å². The number of hydrogen-bond acceptors (Lipinski definition) is 3. The van der Waals surface area contributed by atoms with Gasteiger partial charge in [-0.1, -0.05) is 13.8 Å². The summed E-state index contributed by atoms with van der Waals surface area (Å²) in [6.45, 7) is 5.83. The lowest BCUT2D eigenvalue weighted by Crippen LogP contribution is -2.48. The van der Waals surface area contributed by atoms with Crippen LogP contribution in [0.4, 0.5) is 4.79 Å². The Kier molecular flexibility index (Phi) is 6.62. The van der Waals surface area contributed by atoms with Crippen LogP contribution in [0.25, 0.3) is 0 Å². The molecule has 1 aliphatic rings. The summed E-state index contributed by atoms with van der Waals surface area (Å²) < 4.78 is 5.32. The number of carboxylic acid groups (broad SMARTS) is 1. The second-order valence-corrected chi connectivity index (χ2v) is 5.46. The molecular formula is C13H24N2O4. The number of nitrogens with one attached hydrogen (secondary N) is 2. The molecule has 0 aromatic heterocycles. The van der Waals surface area contributed by atoms with Crippen molar-refractivity contribution in [3.63, 3.8) is 0 Å². The third kappa shape index (κ3) is 6.42. The first-order valence-corrected chi connectivity index (χ1v) is 6.84. The normalized spacial score (nSPS) is 20.9. The first kappa shape index (κ1) is 15.8. The summed E-state index contributed by atoms with van der Waals surface area (Å²) >= 11 is 0. The lowest BCUT2D eigenvalue weighted by atomic mass is 10.0. The van der Waals surface area contributed by atoms with E-state index in [0.717, 1.165) is 19.4 Å². The molecule has 0 aromatic carbocycles. The Balaban J connectivity index is 2.29. The number of carbonyl (C=O) groups is 2. The van der Waals surface area contributed by atoms with Gasteiger partial charge in [0.15, 0.2) is 0 Å². The minimum atomic E-state index is -0.996. The third-order valence-electron chi connectivity index (χ3n) is 3.12. The number of hydrogen-bond donors (Lipinski definition) is 3. The molecule has 1 heterocycles. The van der Waals surface area contributed by atoms with Gasteiger partial charge in [-0.2, -0.15) is 0 Å². The molecule has 3 N–H and O–H groups in total. The van der Waals surface area contributed by atoms with Crippen molar-refractivity contribution in [1.82, 2.24) is 10.6 Å². The minimum Gasteiger partial charge on any atom is -0.480 e. The Bertz CT molecular complexity index is 301. The van der Waals surface area contributed by atoms with E-state index in [0.29, 0.717) is 25.5 Å². The molecule has 2 atom stereocenters. The molecule has 1 fully saturated rings. The molecule has 1 aliphatic heterocycles.